The summed E-state index contributed by atoms with van der Waals surface area (Å²) in [5.41, 5.74) is 1.90. The summed E-state index contributed by atoms with van der Waals surface area (Å²) in [6.07, 6.45) is 0.0674. The molecule has 0 heterocycles. The summed E-state index contributed by atoms with van der Waals surface area (Å²) in [7, 11) is 1.63. The molecule has 0 aliphatic carbocycles. The molecular formula is C17H18BrCl2NO2. The number of benzene rings is 2. The predicted molar refractivity (Wildman–Crippen MR) is 100 cm³/mol. The number of halogens is 3. The Morgan fingerprint density at radius 1 is 1.09 bits per heavy atom. The van der Waals surface area contributed by atoms with E-state index in [0.717, 1.165) is 15.7 Å². The number of methoxy groups -OCH3 is 1. The summed E-state index contributed by atoms with van der Waals surface area (Å²) in [5.74, 6) is 1.39. The molecule has 0 unspecified atom stereocenters. The van der Waals surface area contributed by atoms with Crippen molar-refractivity contribution in [2.24, 2.45) is 0 Å². The molecule has 2 aromatic carbocycles. The lowest BCUT2D eigenvalue weighted by Crippen LogP contribution is -2.08. The van der Waals surface area contributed by atoms with Gasteiger partial charge in [0, 0.05) is 22.3 Å². The van der Waals surface area contributed by atoms with Crippen molar-refractivity contribution in [2.75, 3.05) is 12.4 Å². The minimum atomic E-state index is 0.0674. The zero-order valence-electron chi connectivity index (χ0n) is 13.1. The number of rotatable bonds is 6. The summed E-state index contributed by atoms with van der Waals surface area (Å²) < 4.78 is 12.1. The van der Waals surface area contributed by atoms with Crippen LogP contribution in [0.5, 0.6) is 11.5 Å². The molecule has 124 valence electrons. The fraction of sp³-hybridized carbons (Fsp3) is 0.294. The summed E-state index contributed by atoms with van der Waals surface area (Å²) in [4.78, 5) is 0. The van der Waals surface area contributed by atoms with Crippen molar-refractivity contribution in [3.05, 3.63) is 50.4 Å². The van der Waals surface area contributed by atoms with E-state index < -0.39 is 0 Å². The maximum atomic E-state index is 6.01. The van der Waals surface area contributed by atoms with Gasteiger partial charge in [-0.1, -0.05) is 23.2 Å². The molecule has 0 amide bonds. The van der Waals surface area contributed by atoms with E-state index in [1.807, 2.05) is 38.1 Å². The summed E-state index contributed by atoms with van der Waals surface area (Å²) in [5, 5.41) is 4.49. The average Bonchev–Trinajstić information content (AvgIpc) is 2.46. The number of hydrogen-bond donors (Lipinski definition) is 1. The second-order valence-electron chi connectivity index (χ2n) is 5.29. The van der Waals surface area contributed by atoms with Crippen LogP contribution < -0.4 is 14.8 Å². The first-order valence-electron chi connectivity index (χ1n) is 7.12. The van der Waals surface area contributed by atoms with Crippen LogP contribution in [0.4, 0.5) is 5.69 Å². The van der Waals surface area contributed by atoms with Crippen LogP contribution in [-0.4, -0.2) is 13.2 Å². The Balaban J connectivity index is 2.18. The van der Waals surface area contributed by atoms with Crippen molar-refractivity contribution >= 4 is 44.8 Å². The smallest absolute Gasteiger partial charge is 0.175 e. The van der Waals surface area contributed by atoms with Crippen molar-refractivity contribution in [2.45, 2.75) is 26.5 Å². The maximum absolute atomic E-state index is 6.01. The first-order chi connectivity index (χ1) is 10.9. The Kier molecular flexibility index (Phi) is 6.45. The maximum Gasteiger partial charge on any atom is 0.175 e. The highest BCUT2D eigenvalue weighted by molar-refractivity contribution is 9.10. The molecule has 2 aromatic rings. The molecule has 0 saturated carbocycles. The van der Waals surface area contributed by atoms with Crippen LogP contribution in [0.25, 0.3) is 0 Å². The molecule has 1 N–H and O–H groups in total. The van der Waals surface area contributed by atoms with Crippen molar-refractivity contribution in [3.8, 4) is 11.5 Å². The molecule has 0 spiro atoms. The predicted octanol–water partition coefficient (Wildman–Crippen LogP) is 6.16. The molecule has 6 heteroatoms. The fourth-order valence-corrected chi connectivity index (χ4v) is 3.19. The van der Waals surface area contributed by atoms with Gasteiger partial charge in [-0.3, -0.25) is 0 Å². The van der Waals surface area contributed by atoms with Crippen LogP contribution in [0.3, 0.4) is 0 Å². The minimum absolute atomic E-state index is 0.0674. The molecule has 0 fully saturated rings. The molecule has 0 aromatic heterocycles. The lowest BCUT2D eigenvalue weighted by atomic mass is 10.2. The Hall–Kier alpha value is -1.10. The van der Waals surface area contributed by atoms with Gasteiger partial charge in [0.15, 0.2) is 11.5 Å². The van der Waals surface area contributed by atoms with E-state index in [1.165, 1.54) is 0 Å². The van der Waals surface area contributed by atoms with Gasteiger partial charge in [-0.2, -0.15) is 0 Å². The first-order valence-corrected chi connectivity index (χ1v) is 8.67. The minimum Gasteiger partial charge on any atom is -0.493 e. The van der Waals surface area contributed by atoms with Gasteiger partial charge in [0.05, 0.1) is 17.7 Å². The summed E-state index contributed by atoms with van der Waals surface area (Å²) >= 11 is 15.6. The third kappa shape index (κ3) is 5.20. The van der Waals surface area contributed by atoms with Gasteiger partial charge in [-0.25, -0.2) is 0 Å². The van der Waals surface area contributed by atoms with Crippen molar-refractivity contribution in [1.29, 1.82) is 0 Å². The molecule has 0 saturated heterocycles. The SMILES string of the molecule is COc1cc(CNc2cc(Cl)cc(Cl)c2)cc(Br)c1OC(C)C. The normalized spacial score (nSPS) is 10.7. The van der Waals surface area contributed by atoms with Gasteiger partial charge in [-0.15, -0.1) is 0 Å². The second-order valence-corrected chi connectivity index (χ2v) is 7.01. The van der Waals surface area contributed by atoms with Crippen molar-refractivity contribution in [1.82, 2.24) is 0 Å². The summed E-state index contributed by atoms with van der Waals surface area (Å²) in [6.45, 7) is 4.56. The van der Waals surface area contributed by atoms with Crippen LogP contribution in [-0.2, 0) is 6.54 Å². The molecular weight excluding hydrogens is 401 g/mol. The monoisotopic (exact) mass is 417 g/mol. The topological polar surface area (TPSA) is 30.5 Å². The molecule has 2 rings (SSSR count). The van der Waals surface area contributed by atoms with Crippen LogP contribution in [0, 0.1) is 0 Å². The van der Waals surface area contributed by atoms with E-state index in [4.69, 9.17) is 32.7 Å². The highest BCUT2D eigenvalue weighted by Gasteiger charge is 2.13. The second kappa shape index (κ2) is 8.13. The highest BCUT2D eigenvalue weighted by Crippen LogP contribution is 2.37. The number of anilines is 1. The van der Waals surface area contributed by atoms with Crippen LogP contribution >= 0.6 is 39.1 Å². The first kappa shape index (κ1) is 18.2. The van der Waals surface area contributed by atoms with Crippen LogP contribution in [0.2, 0.25) is 10.0 Å². The van der Waals surface area contributed by atoms with E-state index in [0.29, 0.717) is 28.1 Å². The van der Waals surface area contributed by atoms with E-state index in [-0.39, 0.29) is 6.10 Å². The zero-order chi connectivity index (χ0) is 17.0. The Labute approximate surface area is 155 Å². The number of ether oxygens (including phenoxy) is 2. The lowest BCUT2D eigenvalue weighted by Gasteiger charge is -2.17. The average molecular weight is 419 g/mol. The third-order valence-electron chi connectivity index (χ3n) is 3.00. The zero-order valence-corrected chi connectivity index (χ0v) is 16.2. The van der Waals surface area contributed by atoms with Gasteiger partial charge >= 0.3 is 0 Å². The molecule has 0 bridgehead atoms. The van der Waals surface area contributed by atoms with Gasteiger partial charge in [-0.05, 0) is 65.7 Å². The van der Waals surface area contributed by atoms with E-state index in [2.05, 4.69) is 21.2 Å². The van der Waals surface area contributed by atoms with Crippen molar-refractivity contribution in [3.63, 3.8) is 0 Å². The molecule has 0 aliphatic rings. The highest BCUT2D eigenvalue weighted by atomic mass is 79.9. The largest absolute Gasteiger partial charge is 0.493 e. The lowest BCUT2D eigenvalue weighted by molar-refractivity contribution is 0.228. The molecule has 23 heavy (non-hydrogen) atoms. The van der Waals surface area contributed by atoms with Crippen molar-refractivity contribution < 1.29 is 9.47 Å². The molecule has 0 atom stereocenters. The van der Waals surface area contributed by atoms with Gasteiger partial charge in [0.2, 0.25) is 0 Å². The Bertz CT molecular complexity index is 672. The van der Waals surface area contributed by atoms with Gasteiger partial charge in [0.25, 0.3) is 0 Å². The summed E-state index contributed by atoms with van der Waals surface area (Å²) in [6, 6.07) is 9.30. The van der Waals surface area contributed by atoms with Crippen LogP contribution in [0.15, 0.2) is 34.8 Å². The standard InChI is InChI=1S/C17H18BrCl2NO2/c1-10(2)23-17-15(18)4-11(5-16(17)22-3)9-21-14-7-12(19)6-13(20)8-14/h4-8,10,21H,9H2,1-3H3. The van der Waals surface area contributed by atoms with Gasteiger partial charge < -0.3 is 14.8 Å². The molecule has 0 radical (unpaired) electrons. The van der Waals surface area contributed by atoms with E-state index >= 15 is 0 Å². The molecule has 0 aliphatic heterocycles. The molecule has 3 nitrogen and oxygen atoms in total. The third-order valence-corrected chi connectivity index (χ3v) is 4.03. The Morgan fingerprint density at radius 2 is 1.74 bits per heavy atom. The number of nitrogens with one attached hydrogen (secondary N) is 1. The number of hydrogen-bond acceptors (Lipinski definition) is 3. The Morgan fingerprint density at radius 3 is 2.30 bits per heavy atom. The van der Waals surface area contributed by atoms with Crippen LogP contribution in [0.1, 0.15) is 19.4 Å². The van der Waals surface area contributed by atoms with E-state index in [9.17, 15) is 0 Å². The fourth-order valence-electron chi connectivity index (χ4n) is 2.09. The quantitative estimate of drug-likeness (QED) is 0.608. The van der Waals surface area contributed by atoms with Gasteiger partial charge in [0.1, 0.15) is 0 Å². The van der Waals surface area contributed by atoms with E-state index in [1.54, 1.807) is 13.2 Å².